The van der Waals surface area contributed by atoms with Crippen LogP contribution in [0.1, 0.15) is 18.4 Å². The van der Waals surface area contributed by atoms with Crippen molar-refractivity contribution in [1.29, 1.82) is 0 Å². The zero-order valence-electron chi connectivity index (χ0n) is 10.6. The van der Waals surface area contributed by atoms with E-state index in [1.165, 1.54) is 18.4 Å². The Balaban J connectivity index is 1.84. The third-order valence-electron chi connectivity index (χ3n) is 3.37. The number of ether oxygens (including phenoxy) is 1. The van der Waals surface area contributed by atoms with Crippen molar-refractivity contribution in [3.05, 3.63) is 29.8 Å². The molecule has 1 aliphatic rings. The van der Waals surface area contributed by atoms with Gasteiger partial charge in [0.05, 0.1) is 6.61 Å². The highest BCUT2D eigenvalue weighted by atomic mass is 16.5. The highest BCUT2D eigenvalue weighted by molar-refractivity contribution is 5.46. The fourth-order valence-electron chi connectivity index (χ4n) is 2.15. The van der Waals surface area contributed by atoms with Crippen molar-refractivity contribution < 1.29 is 4.74 Å². The van der Waals surface area contributed by atoms with Crippen molar-refractivity contribution in [3.8, 4) is 0 Å². The maximum absolute atomic E-state index is 5.96. The van der Waals surface area contributed by atoms with Gasteiger partial charge in [-0.05, 0) is 30.9 Å². The summed E-state index contributed by atoms with van der Waals surface area (Å²) in [5, 5.41) is 0. The lowest BCUT2D eigenvalue weighted by Gasteiger charge is -2.21. The van der Waals surface area contributed by atoms with Gasteiger partial charge >= 0.3 is 0 Å². The average Bonchev–Trinajstić information content (AvgIpc) is 3.15. The lowest BCUT2D eigenvalue weighted by Crippen LogP contribution is -2.31. The van der Waals surface area contributed by atoms with Crippen LogP contribution in [0, 0.1) is 0 Å². The molecule has 0 spiro atoms. The predicted molar refractivity (Wildman–Crippen MR) is 71.0 cm³/mol. The molecule has 1 aromatic carbocycles. The van der Waals surface area contributed by atoms with Crippen LogP contribution < -0.4 is 5.73 Å². The molecule has 1 fully saturated rings. The zero-order chi connectivity index (χ0) is 12.1. The number of methoxy groups -OCH3 is 1. The molecule has 0 aliphatic heterocycles. The molecule has 2 N–H and O–H groups in total. The number of rotatable bonds is 7. The van der Waals surface area contributed by atoms with Gasteiger partial charge in [-0.2, -0.15) is 0 Å². The van der Waals surface area contributed by atoms with Crippen molar-refractivity contribution >= 4 is 5.69 Å². The first-order valence-corrected chi connectivity index (χ1v) is 6.37. The van der Waals surface area contributed by atoms with Gasteiger partial charge in [-0.25, -0.2) is 0 Å². The Morgan fingerprint density at radius 3 is 2.71 bits per heavy atom. The molecule has 0 atom stereocenters. The van der Waals surface area contributed by atoms with Gasteiger partial charge in [0.1, 0.15) is 0 Å². The number of nitrogen functional groups attached to an aromatic ring is 1. The smallest absolute Gasteiger partial charge is 0.0589 e. The third-order valence-corrected chi connectivity index (χ3v) is 3.37. The Hall–Kier alpha value is -1.06. The van der Waals surface area contributed by atoms with Gasteiger partial charge in [-0.3, -0.25) is 4.90 Å². The number of para-hydroxylation sites is 1. The number of hydrogen-bond donors (Lipinski definition) is 1. The molecule has 1 aliphatic carbocycles. The fourth-order valence-corrected chi connectivity index (χ4v) is 2.15. The van der Waals surface area contributed by atoms with Crippen LogP contribution in [0.25, 0.3) is 0 Å². The van der Waals surface area contributed by atoms with Crippen molar-refractivity contribution in [2.75, 3.05) is 32.5 Å². The number of hydrogen-bond acceptors (Lipinski definition) is 3. The molecular weight excluding hydrogens is 212 g/mol. The van der Waals surface area contributed by atoms with E-state index in [9.17, 15) is 0 Å². The van der Waals surface area contributed by atoms with Crippen molar-refractivity contribution in [1.82, 2.24) is 4.90 Å². The fraction of sp³-hybridized carbons (Fsp3) is 0.571. The van der Waals surface area contributed by atoms with Crippen LogP contribution in [-0.4, -0.2) is 37.7 Å². The molecule has 0 aromatic heterocycles. The van der Waals surface area contributed by atoms with Gasteiger partial charge in [0.25, 0.3) is 0 Å². The summed E-state index contributed by atoms with van der Waals surface area (Å²) in [4.78, 5) is 2.52. The van der Waals surface area contributed by atoms with E-state index in [1.807, 2.05) is 12.1 Å². The molecule has 17 heavy (non-hydrogen) atoms. The SMILES string of the molecule is COCCN(CCc1ccccc1N)C1CC1. The van der Waals surface area contributed by atoms with Crippen LogP contribution in [0.3, 0.4) is 0 Å². The summed E-state index contributed by atoms with van der Waals surface area (Å²) in [6.45, 7) is 2.94. The van der Waals surface area contributed by atoms with E-state index >= 15 is 0 Å². The average molecular weight is 234 g/mol. The Labute approximate surface area is 104 Å². The van der Waals surface area contributed by atoms with Crippen LogP contribution in [0.15, 0.2) is 24.3 Å². The van der Waals surface area contributed by atoms with Gasteiger partial charge in [0, 0.05) is 31.9 Å². The molecular formula is C14H22N2O. The van der Waals surface area contributed by atoms with Gasteiger partial charge in [0.15, 0.2) is 0 Å². The van der Waals surface area contributed by atoms with Crippen LogP contribution in [0.5, 0.6) is 0 Å². The topological polar surface area (TPSA) is 38.5 Å². The molecule has 0 heterocycles. The second kappa shape index (κ2) is 6.03. The monoisotopic (exact) mass is 234 g/mol. The Kier molecular flexibility index (Phi) is 4.40. The summed E-state index contributed by atoms with van der Waals surface area (Å²) >= 11 is 0. The van der Waals surface area contributed by atoms with E-state index in [-0.39, 0.29) is 0 Å². The summed E-state index contributed by atoms with van der Waals surface area (Å²) < 4.78 is 5.16. The van der Waals surface area contributed by atoms with Crippen molar-refractivity contribution in [2.24, 2.45) is 0 Å². The summed E-state index contributed by atoms with van der Waals surface area (Å²) in [5.74, 6) is 0. The minimum Gasteiger partial charge on any atom is -0.399 e. The molecule has 0 bridgehead atoms. The highest BCUT2D eigenvalue weighted by Crippen LogP contribution is 2.27. The molecule has 1 saturated carbocycles. The molecule has 0 unspecified atom stereocenters. The van der Waals surface area contributed by atoms with E-state index in [4.69, 9.17) is 10.5 Å². The van der Waals surface area contributed by atoms with E-state index < -0.39 is 0 Å². The first-order chi connectivity index (χ1) is 8.31. The lowest BCUT2D eigenvalue weighted by atomic mass is 10.1. The normalized spacial score (nSPS) is 15.4. The Morgan fingerprint density at radius 1 is 1.29 bits per heavy atom. The molecule has 2 rings (SSSR count). The highest BCUT2D eigenvalue weighted by Gasteiger charge is 2.28. The maximum Gasteiger partial charge on any atom is 0.0589 e. The molecule has 1 aromatic rings. The number of nitrogens with zero attached hydrogens (tertiary/aromatic N) is 1. The number of benzene rings is 1. The summed E-state index contributed by atoms with van der Waals surface area (Å²) in [7, 11) is 1.76. The second-order valence-corrected chi connectivity index (χ2v) is 4.71. The second-order valence-electron chi connectivity index (χ2n) is 4.71. The molecule has 0 saturated heterocycles. The van der Waals surface area contributed by atoms with Gasteiger partial charge in [-0.1, -0.05) is 18.2 Å². The molecule has 3 nitrogen and oxygen atoms in total. The summed E-state index contributed by atoms with van der Waals surface area (Å²) in [5.41, 5.74) is 8.13. The first-order valence-electron chi connectivity index (χ1n) is 6.37. The lowest BCUT2D eigenvalue weighted by molar-refractivity contribution is 0.144. The van der Waals surface area contributed by atoms with E-state index in [2.05, 4.69) is 17.0 Å². The Bertz CT molecular complexity index is 350. The standard InChI is InChI=1S/C14H22N2O/c1-17-11-10-16(13-6-7-13)9-8-12-4-2-3-5-14(12)15/h2-5,13H,6-11,15H2,1H3. The van der Waals surface area contributed by atoms with Crippen LogP contribution in [0.2, 0.25) is 0 Å². The first kappa shape index (κ1) is 12.4. The quantitative estimate of drug-likeness (QED) is 0.733. The zero-order valence-corrected chi connectivity index (χ0v) is 10.6. The molecule has 0 radical (unpaired) electrons. The number of nitrogens with two attached hydrogens (primary N) is 1. The maximum atomic E-state index is 5.96. The van der Waals surface area contributed by atoms with Crippen LogP contribution >= 0.6 is 0 Å². The van der Waals surface area contributed by atoms with E-state index in [1.54, 1.807) is 7.11 Å². The van der Waals surface area contributed by atoms with Gasteiger partial charge < -0.3 is 10.5 Å². The largest absolute Gasteiger partial charge is 0.399 e. The summed E-state index contributed by atoms with van der Waals surface area (Å²) in [6, 6.07) is 8.93. The van der Waals surface area contributed by atoms with E-state index in [0.29, 0.717) is 0 Å². The van der Waals surface area contributed by atoms with Crippen molar-refractivity contribution in [3.63, 3.8) is 0 Å². The molecule has 0 amide bonds. The van der Waals surface area contributed by atoms with Gasteiger partial charge in [0.2, 0.25) is 0 Å². The third kappa shape index (κ3) is 3.72. The number of anilines is 1. The Morgan fingerprint density at radius 2 is 2.06 bits per heavy atom. The van der Waals surface area contributed by atoms with Crippen LogP contribution in [0.4, 0.5) is 5.69 Å². The van der Waals surface area contributed by atoms with E-state index in [0.717, 1.165) is 37.8 Å². The minimum absolute atomic E-state index is 0.787. The van der Waals surface area contributed by atoms with Crippen LogP contribution in [-0.2, 0) is 11.2 Å². The van der Waals surface area contributed by atoms with Gasteiger partial charge in [-0.15, -0.1) is 0 Å². The predicted octanol–water partition coefficient (Wildman–Crippen LogP) is 1.92. The minimum atomic E-state index is 0.787. The molecule has 3 heteroatoms. The molecule has 94 valence electrons. The van der Waals surface area contributed by atoms with Crippen molar-refractivity contribution in [2.45, 2.75) is 25.3 Å². The summed E-state index contributed by atoms with van der Waals surface area (Å²) in [6.07, 6.45) is 3.72.